The van der Waals surface area contributed by atoms with Crippen molar-refractivity contribution in [1.29, 1.82) is 0 Å². The van der Waals surface area contributed by atoms with Gasteiger partial charge in [-0.15, -0.1) is 0 Å². The van der Waals surface area contributed by atoms with Crippen molar-refractivity contribution in [2.24, 2.45) is 11.8 Å². The van der Waals surface area contributed by atoms with E-state index in [9.17, 15) is 9.59 Å². The van der Waals surface area contributed by atoms with Gasteiger partial charge in [0.2, 0.25) is 11.8 Å². The number of carbonyl (C=O) groups is 2. The van der Waals surface area contributed by atoms with Crippen LogP contribution in [0.3, 0.4) is 0 Å². The molecule has 1 saturated carbocycles. The lowest BCUT2D eigenvalue weighted by atomic mass is 9.81. The van der Waals surface area contributed by atoms with Crippen molar-refractivity contribution in [3.05, 3.63) is 24.3 Å². The van der Waals surface area contributed by atoms with Crippen LogP contribution in [0.25, 0.3) is 0 Å². The first kappa shape index (κ1) is 18.3. The fourth-order valence-electron chi connectivity index (χ4n) is 3.34. The van der Waals surface area contributed by atoms with Crippen LogP contribution in [-0.4, -0.2) is 36.9 Å². The van der Waals surface area contributed by atoms with Crippen LogP contribution in [0.1, 0.15) is 39.5 Å². The Labute approximate surface area is 144 Å². The molecule has 1 aromatic rings. The molecular weight excluding hydrogens is 304 g/mol. The molecule has 1 fully saturated rings. The molecule has 0 bridgehead atoms. The maximum Gasteiger partial charge on any atom is 0.227 e. The summed E-state index contributed by atoms with van der Waals surface area (Å²) in [6.07, 6.45) is 3.14. The van der Waals surface area contributed by atoms with E-state index in [-0.39, 0.29) is 23.7 Å². The lowest BCUT2D eigenvalue weighted by molar-refractivity contribution is -0.137. The molecule has 1 aromatic carbocycles. The number of benzene rings is 1. The topological polar surface area (TPSA) is 58.6 Å². The summed E-state index contributed by atoms with van der Waals surface area (Å²) < 4.78 is 5.17. The van der Waals surface area contributed by atoms with E-state index < -0.39 is 0 Å². The molecule has 24 heavy (non-hydrogen) atoms. The van der Waals surface area contributed by atoms with E-state index in [1.807, 2.05) is 43.0 Å². The number of amides is 2. The van der Waals surface area contributed by atoms with Gasteiger partial charge in [-0.3, -0.25) is 9.59 Å². The second-order valence-electron chi connectivity index (χ2n) is 6.28. The maximum absolute atomic E-state index is 12.4. The molecule has 132 valence electrons. The van der Waals surface area contributed by atoms with Gasteiger partial charge in [-0.25, -0.2) is 0 Å². The molecule has 2 rings (SSSR count). The van der Waals surface area contributed by atoms with Crippen LogP contribution in [-0.2, 0) is 9.59 Å². The summed E-state index contributed by atoms with van der Waals surface area (Å²) in [6, 6.07) is 7.37. The molecule has 0 aliphatic heterocycles. The third-order valence-corrected chi connectivity index (χ3v) is 4.86. The average Bonchev–Trinajstić information content (AvgIpc) is 2.63. The summed E-state index contributed by atoms with van der Waals surface area (Å²) in [5.41, 5.74) is 0.751. The Morgan fingerprint density at radius 1 is 1.12 bits per heavy atom. The minimum absolute atomic E-state index is 0.0167. The first-order chi connectivity index (χ1) is 11.6. The van der Waals surface area contributed by atoms with Crippen molar-refractivity contribution >= 4 is 17.5 Å². The van der Waals surface area contributed by atoms with Gasteiger partial charge >= 0.3 is 0 Å². The monoisotopic (exact) mass is 332 g/mol. The lowest BCUT2D eigenvalue weighted by Crippen LogP contribution is -2.38. The molecule has 1 aliphatic carbocycles. The Bertz CT molecular complexity index is 561. The summed E-state index contributed by atoms with van der Waals surface area (Å²) >= 11 is 0. The zero-order valence-electron chi connectivity index (χ0n) is 14.9. The minimum Gasteiger partial charge on any atom is -0.497 e. The van der Waals surface area contributed by atoms with E-state index in [1.165, 1.54) is 0 Å². The molecule has 0 atom stereocenters. The van der Waals surface area contributed by atoms with Crippen molar-refractivity contribution in [2.75, 3.05) is 25.5 Å². The van der Waals surface area contributed by atoms with Gasteiger partial charge in [-0.05, 0) is 51.7 Å². The summed E-state index contributed by atoms with van der Waals surface area (Å²) in [6.45, 7) is 5.53. The predicted molar refractivity (Wildman–Crippen MR) is 95.0 cm³/mol. The maximum atomic E-state index is 12.4. The number of rotatable bonds is 6. The highest BCUT2D eigenvalue weighted by molar-refractivity contribution is 5.93. The van der Waals surface area contributed by atoms with Gasteiger partial charge in [0.15, 0.2) is 0 Å². The standard InChI is InChI=1S/C19H28N2O3/c1-4-21(5-2)19(23)15-11-9-14(10-12-15)18(22)20-16-7-6-8-17(13-16)24-3/h6-8,13-15H,4-5,9-12H2,1-3H3,(H,20,22). The van der Waals surface area contributed by atoms with Gasteiger partial charge in [-0.1, -0.05) is 6.07 Å². The number of nitrogens with zero attached hydrogens (tertiary/aromatic N) is 1. The first-order valence-corrected chi connectivity index (χ1v) is 8.82. The van der Waals surface area contributed by atoms with E-state index in [0.29, 0.717) is 0 Å². The van der Waals surface area contributed by atoms with Gasteiger partial charge in [0.25, 0.3) is 0 Å². The van der Waals surface area contributed by atoms with Gasteiger partial charge in [-0.2, -0.15) is 0 Å². The smallest absolute Gasteiger partial charge is 0.227 e. The zero-order chi connectivity index (χ0) is 17.5. The Morgan fingerprint density at radius 2 is 1.75 bits per heavy atom. The fraction of sp³-hybridized carbons (Fsp3) is 0.579. The number of hydrogen-bond acceptors (Lipinski definition) is 3. The molecule has 0 saturated heterocycles. The van der Waals surface area contributed by atoms with Crippen LogP contribution in [0.5, 0.6) is 5.75 Å². The summed E-state index contributed by atoms with van der Waals surface area (Å²) in [4.78, 5) is 26.7. The van der Waals surface area contributed by atoms with Gasteiger partial charge in [0, 0.05) is 36.7 Å². The van der Waals surface area contributed by atoms with Crippen molar-refractivity contribution in [3.63, 3.8) is 0 Å². The Morgan fingerprint density at radius 3 is 2.33 bits per heavy atom. The van der Waals surface area contributed by atoms with E-state index in [0.717, 1.165) is 50.2 Å². The number of ether oxygens (including phenoxy) is 1. The van der Waals surface area contributed by atoms with Crippen molar-refractivity contribution in [1.82, 2.24) is 4.90 Å². The normalized spacial score (nSPS) is 20.3. The number of carbonyl (C=O) groups excluding carboxylic acids is 2. The minimum atomic E-state index is -0.0167. The van der Waals surface area contributed by atoms with Crippen LogP contribution < -0.4 is 10.1 Å². The predicted octanol–water partition coefficient (Wildman–Crippen LogP) is 3.31. The quantitative estimate of drug-likeness (QED) is 0.869. The molecule has 5 nitrogen and oxygen atoms in total. The largest absolute Gasteiger partial charge is 0.497 e. The third-order valence-electron chi connectivity index (χ3n) is 4.86. The number of hydrogen-bond donors (Lipinski definition) is 1. The summed E-state index contributed by atoms with van der Waals surface area (Å²) in [5.74, 6) is 1.06. The van der Waals surface area contributed by atoms with E-state index in [1.54, 1.807) is 7.11 Å². The van der Waals surface area contributed by atoms with Crippen LogP contribution >= 0.6 is 0 Å². The van der Waals surface area contributed by atoms with Crippen LogP contribution in [0, 0.1) is 11.8 Å². The highest BCUT2D eigenvalue weighted by Gasteiger charge is 2.31. The third kappa shape index (κ3) is 4.49. The van der Waals surface area contributed by atoms with Crippen molar-refractivity contribution in [3.8, 4) is 5.75 Å². The number of methoxy groups -OCH3 is 1. The van der Waals surface area contributed by atoms with E-state index in [4.69, 9.17) is 4.74 Å². The average molecular weight is 332 g/mol. The Hall–Kier alpha value is -2.04. The fourth-order valence-corrected chi connectivity index (χ4v) is 3.34. The van der Waals surface area contributed by atoms with Gasteiger partial charge < -0.3 is 15.0 Å². The van der Waals surface area contributed by atoms with Gasteiger partial charge in [0.1, 0.15) is 5.75 Å². The van der Waals surface area contributed by atoms with Crippen LogP contribution in [0.2, 0.25) is 0 Å². The molecular formula is C19H28N2O3. The molecule has 0 radical (unpaired) electrons. The van der Waals surface area contributed by atoms with Gasteiger partial charge in [0.05, 0.1) is 7.11 Å². The summed E-state index contributed by atoms with van der Waals surface area (Å²) in [5, 5.41) is 2.96. The van der Waals surface area contributed by atoms with Crippen molar-refractivity contribution in [2.45, 2.75) is 39.5 Å². The number of nitrogens with one attached hydrogen (secondary N) is 1. The van der Waals surface area contributed by atoms with Crippen LogP contribution in [0.15, 0.2) is 24.3 Å². The second kappa shape index (κ2) is 8.71. The van der Waals surface area contributed by atoms with E-state index in [2.05, 4.69) is 5.32 Å². The Kier molecular flexibility index (Phi) is 6.64. The SMILES string of the molecule is CCN(CC)C(=O)C1CCC(C(=O)Nc2cccc(OC)c2)CC1. The molecule has 0 unspecified atom stereocenters. The first-order valence-electron chi connectivity index (χ1n) is 8.82. The molecule has 5 heteroatoms. The van der Waals surface area contributed by atoms with Crippen LogP contribution in [0.4, 0.5) is 5.69 Å². The zero-order valence-corrected chi connectivity index (χ0v) is 14.9. The molecule has 1 aliphatic rings. The lowest BCUT2D eigenvalue weighted by Gasteiger charge is -2.30. The summed E-state index contributed by atoms with van der Waals surface area (Å²) in [7, 11) is 1.61. The van der Waals surface area contributed by atoms with Crippen molar-refractivity contribution < 1.29 is 14.3 Å². The second-order valence-corrected chi connectivity index (χ2v) is 6.28. The molecule has 0 aromatic heterocycles. The molecule has 2 amide bonds. The Balaban J connectivity index is 1.87. The highest BCUT2D eigenvalue weighted by atomic mass is 16.5. The molecule has 1 N–H and O–H groups in total. The highest BCUT2D eigenvalue weighted by Crippen LogP contribution is 2.31. The van der Waals surface area contributed by atoms with E-state index >= 15 is 0 Å². The molecule has 0 spiro atoms. The molecule has 0 heterocycles. The number of anilines is 1.